The van der Waals surface area contributed by atoms with E-state index in [2.05, 4.69) is 5.32 Å². The Kier molecular flexibility index (Phi) is 5.64. The van der Waals surface area contributed by atoms with E-state index in [1.807, 2.05) is 0 Å². The molecule has 1 N–H and O–H groups in total. The Labute approximate surface area is 102 Å². The first-order valence-corrected chi connectivity index (χ1v) is 6.91. The van der Waals surface area contributed by atoms with Crippen LogP contribution in [0.1, 0.15) is 19.3 Å². The van der Waals surface area contributed by atoms with Gasteiger partial charge in [-0.1, -0.05) is 23.2 Å². The molecule has 1 heterocycles. The molecule has 15 heavy (non-hydrogen) atoms. The third kappa shape index (κ3) is 4.53. The van der Waals surface area contributed by atoms with Gasteiger partial charge in [0.25, 0.3) is 0 Å². The lowest BCUT2D eigenvalue weighted by atomic mass is 10.2. The summed E-state index contributed by atoms with van der Waals surface area (Å²) in [6.07, 6.45) is 4.02. The summed E-state index contributed by atoms with van der Waals surface area (Å²) in [7, 11) is -1.23. The fourth-order valence-corrected chi connectivity index (χ4v) is 3.08. The molecular formula is C9H13Cl2NO2S. The zero-order valence-electron chi connectivity index (χ0n) is 8.17. The van der Waals surface area contributed by atoms with Crippen LogP contribution in [0.15, 0.2) is 10.6 Å². The van der Waals surface area contributed by atoms with E-state index in [0.29, 0.717) is 13.0 Å². The molecule has 0 aliphatic carbocycles. The van der Waals surface area contributed by atoms with Gasteiger partial charge >= 0.3 is 0 Å². The van der Waals surface area contributed by atoms with E-state index >= 15 is 0 Å². The van der Waals surface area contributed by atoms with Crippen LogP contribution >= 0.6 is 23.2 Å². The first-order chi connectivity index (χ1) is 7.11. The molecule has 0 spiro atoms. The quantitative estimate of drug-likeness (QED) is 0.848. The standard InChI is InChI=1S/C9H13Cl2NO2S/c10-8(11)4-6-15(14)7-3-1-2-5-12-9(7)13/h4,7H,1-3,5-6H2,(H,12,13). The molecule has 2 atom stereocenters. The number of rotatable bonds is 3. The number of carbonyl (C=O) groups is 1. The SMILES string of the molecule is O=C1NCCCCC1S(=O)CC=C(Cl)Cl. The molecule has 86 valence electrons. The maximum atomic E-state index is 11.8. The van der Waals surface area contributed by atoms with Gasteiger partial charge in [0.2, 0.25) is 5.91 Å². The molecule has 3 nitrogen and oxygen atoms in total. The maximum Gasteiger partial charge on any atom is 0.235 e. The summed E-state index contributed by atoms with van der Waals surface area (Å²) in [5.41, 5.74) is 0. The van der Waals surface area contributed by atoms with Gasteiger partial charge in [-0.25, -0.2) is 0 Å². The highest BCUT2D eigenvalue weighted by Crippen LogP contribution is 2.13. The highest BCUT2D eigenvalue weighted by molar-refractivity contribution is 7.86. The van der Waals surface area contributed by atoms with Crippen LogP contribution < -0.4 is 5.32 Å². The summed E-state index contributed by atoms with van der Waals surface area (Å²) < 4.78 is 11.8. The maximum absolute atomic E-state index is 11.8. The van der Waals surface area contributed by atoms with Gasteiger partial charge in [-0.05, 0) is 25.3 Å². The van der Waals surface area contributed by atoms with Gasteiger partial charge in [0.1, 0.15) is 9.74 Å². The van der Waals surface area contributed by atoms with Crippen molar-refractivity contribution < 1.29 is 9.00 Å². The van der Waals surface area contributed by atoms with Crippen LogP contribution in [0, 0.1) is 0 Å². The molecule has 0 bridgehead atoms. The van der Waals surface area contributed by atoms with Crippen LogP contribution in [-0.2, 0) is 15.6 Å². The summed E-state index contributed by atoms with van der Waals surface area (Å²) in [6.45, 7) is 0.679. The molecule has 0 radical (unpaired) electrons. The molecule has 0 aromatic heterocycles. The average Bonchev–Trinajstić information content (AvgIpc) is 2.39. The van der Waals surface area contributed by atoms with Gasteiger partial charge in [0.05, 0.1) is 0 Å². The van der Waals surface area contributed by atoms with Gasteiger partial charge in [0.15, 0.2) is 0 Å². The average molecular weight is 270 g/mol. The van der Waals surface area contributed by atoms with Gasteiger partial charge in [-0.3, -0.25) is 9.00 Å². The van der Waals surface area contributed by atoms with Crippen LogP contribution in [0.25, 0.3) is 0 Å². The molecular weight excluding hydrogens is 257 g/mol. The number of amides is 1. The summed E-state index contributed by atoms with van der Waals surface area (Å²) in [4.78, 5) is 11.5. The third-order valence-corrected chi connectivity index (χ3v) is 4.09. The zero-order valence-corrected chi connectivity index (χ0v) is 10.5. The Morgan fingerprint density at radius 3 is 2.93 bits per heavy atom. The molecule has 0 aromatic carbocycles. The lowest BCUT2D eigenvalue weighted by molar-refractivity contribution is -0.120. The fourth-order valence-electron chi connectivity index (χ4n) is 1.42. The molecule has 2 unspecified atom stereocenters. The van der Waals surface area contributed by atoms with E-state index in [9.17, 15) is 9.00 Å². The third-order valence-electron chi connectivity index (χ3n) is 2.20. The topological polar surface area (TPSA) is 46.2 Å². The Hall–Kier alpha value is -0.0600. The second-order valence-electron chi connectivity index (χ2n) is 3.32. The van der Waals surface area contributed by atoms with Crippen LogP contribution in [0.3, 0.4) is 0 Å². The number of nitrogens with one attached hydrogen (secondary N) is 1. The molecule has 1 saturated heterocycles. The molecule has 1 amide bonds. The molecule has 1 aliphatic heterocycles. The van der Waals surface area contributed by atoms with E-state index in [1.165, 1.54) is 6.08 Å². The van der Waals surface area contributed by atoms with Crippen molar-refractivity contribution in [2.75, 3.05) is 12.3 Å². The smallest absolute Gasteiger partial charge is 0.235 e. The van der Waals surface area contributed by atoms with Crippen molar-refractivity contribution in [3.63, 3.8) is 0 Å². The van der Waals surface area contributed by atoms with E-state index < -0.39 is 16.0 Å². The van der Waals surface area contributed by atoms with Gasteiger partial charge < -0.3 is 5.32 Å². The molecule has 1 rings (SSSR count). The fraction of sp³-hybridized carbons (Fsp3) is 0.667. The summed E-state index contributed by atoms with van der Waals surface area (Å²) in [6, 6.07) is 0. The van der Waals surface area contributed by atoms with Gasteiger partial charge in [0, 0.05) is 23.1 Å². The van der Waals surface area contributed by atoms with Crippen molar-refractivity contribution in [1.29, 1.82) is 0 Å². The van der Waals surface area contributed by atoms with Crippen molar-refractivity contribution in [2.24, 2.45) is 0 Å². The monoisotopic (exact) mass is 269 g/mol. The first kappa shape index (κ1) is 13.0. The van der Waals surface area contributed by atoms with Crippen molar-refractivity contribution >= 4 is 39.9 Å². The van der Waals surface area contributed by atoms with Crippen molar-refractivity contribution in [2.45, 2.75) is 24.5 Å². The van der Waals surface area contributed by atoms with Gasteiger partial charge in [-0.2, -0.15) is 0 Å². The van der Waals surface area contributed by atoms with E-state index in [4.69, 9.17) is 23.2 Å². The Balaban J connectivity index is 2.56. The van der Waals surface area contributed by atoms with E-state index in [1.54, 1.807) is 0 Å². The van der Waals surface area contributed by atoms with Crippen molar-refractivity contribution in [3.8, 4) is 0 Å². The zero-order chi connectivity index (χ0) is 11.3. The van der Waals surface area contributed by atoms with Gasteiger partial charge in [-0.15, -0.1) is 0 Å². The van der Waals surface area contributed by atoms with Crippen LogP contribution in [-0.4, -0.2) is 27.7 Å². The Morgan fingerprint density at radius 1 is 1.53 bits per heavy atom. The molecule has 1 fully saturated rings. The normalized spacial score (nSPS) is 23.9. The first-order valence-electron chi connectivity index (χ1n) is 4.77. The second-order valence-corrected chi connectivity index (χ2v) is 5.99. The number of hydrogen-bond donors (Lipinski definition) is 1. The molecule has 6 heteroatoms. The Bertz CT molecular complexity index is 290. The lowest BCUT2D eigenvalue weighted by Crippen LogP contribution is -2.36. The number of hydrogen-bond acceptors (Lipinski definition) is 2. The minimum atomic E-state index is -1.23. The van der Waals surface area contributed by atoms with E-state index in [0.717, 1.165) is 12.8 Å². The molecule has 0 aromatic rings. The van der Waals surface area contributed by atoms with Crippen molar-refractivity contribution in [1.82, 2.24) is 5.32 Å². The lowest BCUT2D eigenvalue weighted by Gasteiger charge is -2.11. The van der Waals surface area contributed by atoms with Crippen molar-refractivity contribution in [3.05, 3.63) is 10.6 Å². The molecule has 1 aliphatic rings. The van der Waals surface area contributed by atoms with Crippen LogP contribution in [0.4, 0.5) is 0 Å². The largest absolute Gasteiger partial charge is 0.355 e. The number of halogens is 2. The highest BCUT2D eigenvalue weighted by atomic mass is 35.5. The summed E-state index contributed by atoms with van der Waals surface area (Å²) in [5, 5.41) is 2.32. The van der Waals surface area contributed by atoms with Crippen LogP contribution in [0.5, 0.6) is 0 Å². The highest BCUT2D eigenvalue weighted by Gasteiger charge is 2.25. The molecule has 0 saturated carbocycles. The minimum absolute atomic E-state index is 0.0948. The van der Waals surface area contributed by atoms with Crippen LogP contribution in [0.2, 0.25) is 0 Å². The minimum Gasteiger partial charge on any atom is -0.355 e. The van der Waals surface area contributed by atoms with E-state index in [-0.39, 0.29) is 16.2 Å². The predicted octanol–water partition coefficient (Wildman–Crippen LogP) is 1.72. The Morgan fingerprint density at radius 2 is 2.27 bits per heavy atom. The second kappa shape index (κ2) is 6.51. The predicted molar refractivity (Wildman–Crippen MR) is 63.4 cm³/mol. The summed E-state index contributed by atoms with van der Waals surface area (Å²) >= 11 is 10.8. The number of carbonyl (C=O) groups excluding carboxylic acids is 1. The summed E-state index contributed by atoms with van der Waals surface area (Å²) in [5.74, 6) is 0.116.